The van der Waals surface area contributed by atoms with Crippen LogP contribution in [-0.2, 0) is 24.3 Å². The van der Waals surface area contributed by atoms with Crippen molar-refractivity contribution in [3.8, 4) is 5.75 Å². The standard InChI is InChI=1S/C18H26ClN3O7S/c1-3-28-18(24)22-9-7-21(8-10-22)17(23)13-29-16-5-4-14(12-15(16)19)30(25,26)20-6-11-27-2/h4-5,12,20H,3,6-11,13H2,1-2H3. The Morgan fingerprint density at radius 1 is 1.17 bits per heavy atom. The summed E-state index contributed by atoms with van der Waals surface area (Å²) in [7, 11) is -2.25. The summed E-state index contributed by atoms with van der Waals surface area (Å²) >= 11 is 6.12. The van der Waals surface area contributed by atoms with E-state index < -0.39 is 10.0 Å². The number of ether oxygens (including phenoxy) is 3. The zero-order valence-corrected chi connectivity index (χ0v) is 18.5. The molecule has 1 fully saturated rings. The molecule has 0 unspecified atom stereocenters. The van der Waals surface area contributed by atoms with E-state index in [2.05, 4.69) is 4.72 Å². The Balaban J connectivity index is 1.87. The highest BCUT2D eigenvalue weighted by Crippen LogP contribution is 2.27. The SMILES string of the molecule is CCOC(=O)N1CCN(C(=O)COc2ccc(S(=O)(=O)NCCOC)cc2Cl)CC1. The van der Waals surface area contributed by atoms with Gasteiger partial charge in [-0.25, -0.2) is 17.9 Å². The van der Waals surface area contributed by atoms with E-state index in [1.165, 1.54) is 25.3 Å². The lowest BCUT2D eigenvalue weighted by Gasteiger charge is -2.34. The van der Waals surface area contributed by atoms with Crippen LogP contribution in [0.5, 0.6) is 5.75 Å². The maximum atomic E-state index is 12.4. The normalized spacial score (nSPS) is 14.5. The van der Waals surface area contributed by atoms with Gasteiger partial charge in [0.05, 0.1) is 23.1 Å². The fourth-order valence-electron chi connectivity index (χ4n) is 2.71. The van der Waals surface area contributed by atoms with Crippen LogP contribution in [0.3, 0.4) is 0 Å². The highest BCUT2D eigenvalue weighted by atomic mass is 35.5. The first-order valence-electron chi connectivity index (χ1n) is 9.39. The number of carbonyl (C=O) groups excluding carboxylic acids is 2. The highest BCUT2D eigenvalue weighted by molar-refractivity contribution is 7.89. The van der Waals surface area contributed by atoms with Crippen molar-refractivity contribution in [1.29, 1.82) is 0 Å². The molecule has 0 aliphatic carbocycles. The molecule has 0 bridgehead atoms. The Bertz CT molecular complexity index is 842. The Morgan fingerprint density at radius 2 is 1.83 bits per heavy atom. The molecule has 0 radical (unpaired) electrons. The van der Waals surface area contributed by atoms with Gasteiger partial charge >= 0.3 is 6.09 Å². The molecule has 30 heavy (non-hydrogen) atoms. The van der Waals surface area contributed by atoms with Gasteiger partial charge in [0.15, 0.2) is 6.61 Å². The molecule has 0 atom stereocenters. The number of nitrogens with zero attached hydrogens (tertiary/aromatic N) is 2. The van der Waals surface area contributed by atoms with Gasteiger partial charge < -0.3 is 24.0 Å². The second-order valence-corrected chi connectivity index (χ2v) is 8.51. The maximum Gasteiger partial charge on any atom is 0.409 e. The first-order valence-corrected chi connectivity index (χ1v) is 11.2. The second kappa shape index (κ2) is 11.3. The lowest BCUT2D eigenvalue weighted by molar-refractivity contribution is -0.134. The summed E-state index contributed by atoms with van der Waals surface area (Å²) < 4.78 is 42.0. The lowest BCUT2D eigenvalue weighted by atomic mass is 10.3. The third kappa shape index (κ3) is 6.73. The molecule has 2 amide bonds. The number of hydrogen-bond donors (Lipinski definition) is 1. The number of carbonyl (C=O) groups is 2. The van der Waals surface area contributed by atoms with E-state index >= 15 is 0 Å². The van der Waals surface area contributed by atoms with Crippen LogP contribution in [-0.4, -0.2) is 89.9 Å². The quantitative estimate of drug-likeness (QED) is 0.542. The molecule has 0 spiro atoms. The van der Waals surface area contributed by atoms with Crippen LogP contribution in [0.4, 0.5) is 4.79 Å². The average Bonchev–Trinajstić information content (AvgIpc) is 2.73. The van der Waals surface area contributed by atoms with Crippen LogP contribution in [0.25, 0.3) is 0 Å². The second-order valence-electron chi connectivity index (χ2n) is 6.34. The third-order valence-corrected chi connectivity index (χ3v) is 6.08. The maximum absolute atomic E-state index is 12.4. The van der Waals surface area contributed by atoms with Crippen molar-refractivity contribution in [2.45, 2.75) is 11.8 Å². The average molecular weight is 464 g/mol. The molecule has 1 aromatic rings. The minimum atomic E-state index is -3.72. The third-order valence-electron chi connectivity index (χ3n) is 4.32. The number of amides is 2. The van der Waals surface area contributed by atoms with Crippen LogP contribution < -0.4 is 9.46 Å². The van der Waals surface area contributed by atoms with E-state index in [-0.39, 0.29) is 47.4 Å². The van der Waals surface area contributed by atoms with E-state index in [4.69, 9.17) is 25.8 Å². The lowest BCUT2D eigenvalue weighted by Crippen LogP contribution is -2.51. The minimum Gasteiger partial charge on any atom is -0.482 e. The topological polar surface area (TPSA) is 114 Å². The summed E-state index contributed by atoms with van der Waals surface area (Å²) in [5.74, 6) is -0.0569. The van der Waals surface area contributed by atoms with E-state index in [9.17, 15) is 18.0 Å². The van der Waals surface area contributed by atoms with Crippen molar-refractivity contribution in [1.82, 2.24) is 14.5 Å². The Hall–Kier alpha value is -2.08. The molecular formula is C18H26ClN3O7S. The van der Waals surface area contributed by atoms with Crippen LogP contribution >= 0.6 is 11.6 Å². The molecule has 0 aromatic heterocycles. The van der Waals surface area contributed by atoms with Crippen molar-refractivity contribution in [3.05, 3.63) is 23.2 Å². The summed E-state index contributed by atoms with van der Waals surface area (Å²) in [5, 5.41) is 0.0737. The van der Waals surface area contributed by atoms with E-state index in [1.807, 2.05) is 0 Å². The van der Waals surface area contributed by atoms with E-state index in [0.717, 1.165) is 0 Å². The number of halogens is 1. The molecule has 0 saturated carbocycles. The zero-order chi connectivity index (χ0) is 22.1. The van der Waals surface area contributed by atoms with Gasteiger partial charge in [0, 0.05) is 39.8 Å². The number of rotatable bonds is 9. The van der Waals surface area contributed by atoms with Gasteiger partial charge in [-0.2, -0.15) is 0 Å². The van der Waals surface area contributed by atoms with Gasteiger partial charge in [0.1, 0.15) is 5.75 Å². The van der Waals surface area contributed by atoms with Crippen LogP contribution in [0, 0.1) is 0 Å². The number of nitrogens with one attached hydrogen (secondary N) is 1. The van der Waals surface area contributed by atoms with Crippen LogP contribution in [0.1, 0.15) is 6.92 Å². The summed E-state index contributed by atoms with van der Waals surface area (Å²) in [5.41, 5.74) is 0. The fourth-order valence-corrected chi connectivity index (χ4v) is 4.05. The zero-order valence-electron chi connectivity index (χ0n) is 16.9. The predicted octanol–water partition coefficient (Wildman–Crippen LogP) is 0.944. The van der Waals surface area contributed by atoms with Crippen molar-refractivity contribution in [2.24, 2.45) is 0 Å². The number of piperazine rings is 1. The molecule has 12 heteroatoms. The van der Waals surface area contributed by atoms with Crippen molar-refractivity contribution in [3.63, 3.8) is 0 Å². The van der Waals surface area contributed by atoms with Gasteiger partial charge in [0.2, 0.25) is 10.0 Å². The van der Waals surface area contributed by atoms with Gasteiger partial charge in [-0.15, -0.1) is 0 Å². The molecule has 1 aliphatic rings. The summed E-state index contributed by atoms with van der Waals surface area (Å²) in [4.78, 5) is 27.2. The number of benzene rings is 1. The van der Waals surface area contributed by atoms with Crippen LogP contribution in [0.2, 0.25) is 5.02 Å². The summed E-state index contributed by atoms with van der Waals surface area (Å²) in [6.07, 6.45) is -0.389. The molecule has 1 aliphatic heterocycles. The molecule has 168 valence electrons. The highest BCUT2D eigenvalue weighted by Gasteiger charge is 2.25. The van der Waals surface area contributed by atoms with Crippen molar-refractivity contribution < 1.29 is 32.2 Å². The number of methoxy groups -OCH3 is 1. The monoisotopic (exact) mass is 463 g/mol. The Kier molecular flexibility index (Phi) is 9.15. The van der Waals surface area contributed by atoms with Gasteiger partial charge in [-0.3, -0.25) is 4.79 Å². The first-order chi connectivity index (χ1) is 14.3. The van der Waals surface area contributed by atoms with E-state index in [1.54, 1.807) is 16.7 Å². The van der Waals surface area contributed by atoms with Gasteiger partial charge in [-0.1, -0.05) is 11.6 Å². The minimum absolute atomic E-state index is 0.0163. The number of sulfonamides is 1. The smallest absolute Gasteiger partial charge is 0.409 e. The molecule has 1 heterocycles. The summed E-state index contributed by atoms with van der Waals surface area (Å²) in [6, 6.07) is 4.01. The van der Waals surface area contributed by atoms with Crippen molar-refractivity contribution >= 4 is 33.6 Å². The van der Waals surface area contributed by atoms with Crippen molar-refractivity contribution in [2.75, 3.05) is 59.7 Å². The molecule has 2 rings (SSSR count). The molecule has 1 saturated heterocycles. The molecule has 10 nitrogen and oxygen atoms in total. The van der Waals surface area contributed by atoms with Crippen LogP contribution in [0.15, 0.2) is 23.1 Å². The molecule has 1 aromatic carbocycles. The van der Waals surface area contributed by atoms with Gasteiger partial charge in [0.25, 0.3) is 5.91 Å². The fraction of sp³-hybridized carbons (Fsp3) is 0.556. The predicted molar refractivity (Wildman–Crippen MR) is 109 cm³/mol. The number of hydrogen-bond acceptors (Lipinski definition) is 7. The summed E-state index contributed by atoms with van der Waals surface area (Å²) in [6.45, 7) is 3.67. The van der Waals surface area contributed by atoms with Gasteiger partial charge in [-0.05, 0) is 25.1 Å². The largest absolute Gasteiger partial charge is 0.482 e. The Labute approximate surface area is 181 Å². The van der Waals surface area contributed by atoms with E-state index in [0.29, 0.717) is 32.8 Å². The first kappa shape index (κ1) is 24.2. The molecule has 1 N–H and O–H groups in total. The molecular weight excluding hydrogens is 438 g/mol. The Morgan fingerprint density at radius 3 is 2.43 bits per heavy atom.